The zero-order valence-corrected chi connectivity index (χ0v) is 17.7. The highest BCUT2D eigenvalue weighted by atomic mass is 16.2. The lowest BCUT2D eigenvalue weighted by Crippen LogP contribution is -2.38. The summed E-state index contributed by atoms with van der Waals surface area (Å²) in [6.07, 6.45) is 2.10. The number of fused-ring (bicyclic) bond motifs is 1. The molecule has 0 aliphatic rings. The highest BCUT2D eigenvalue weighted by molar-refractivity contribution is 5.84. The predicted molar refractivity (Wildman–Crippen MR) is 118 cm³/mol. The largest absolute Gasteiger partial charge is 0.349 e. The van der Waals surface area contributed by atoms with Crippen molar-refractivity contribution in [3.63, 3.8) is 0 Å². The van der Waals surface area contributed by atoms with Gasteiger partial charge < -0.3 is 5.32 Å². The molecule has 0 radical (unpaired) electrons. The normalized spacial score (nSPS) is 12.1. The van der Waals surface area contributed by atoms with Crippen LogP contribution in [0.2, 0.25) is 0 Å². The van der Waals surface area contributed by atoms with Crippen molar-refractivity contribution >= 4 is 16.8 Å². The molecule has 1 amide bonds. The van der Waals surface area contributed by atoms with Gasteiger partial charge in [0.15, 0.2) is 0 Å². The van der Waals surface area contributed by atoms with Crippen LogP contribution in [-0.2, 0) is 11.3 Å². The van der Waals surface area contributed by atoms with Crippen molar-refractivity contribution in [1.29, 1.82) is 0 Å². The van der Waals surface area contributed by atoms with Crippen molar-refractivity contribution in [1.82, 2.24) is 29.9 Å². The maximum absolute atomic E-state index is 13.4. The van der Waals surface area contributed by atoms with Gasteiger partial charge in [-0.3, -0.25) is 14.6 Å². The summed E-state index contributed by atoms with van der Waals surface area (Å²) in [5.74, 6) is -0.269. The van der Waals surface area contributed by atoms with Crippen molar-refractivity contribution in [2.24, 2.45) is 0 Å². The molecule has 8 heteroatoms. The number of aromatic nitrogens is 5. The minimum atomic E-state index is -0.723. The Morgan fingerprint density at radius 2 is 1.81 bits per heavy atom. The van der Waals surface area contributed by atoms with E-state index in [1.807, 2.05) is 62.4 Å². The number of amides is 1. The first-order valence-electron chi connectivity index (χ1n) is 10.2. The van der Waals surface area contributed by atoms with E-state index >= 15 is 0 Å². The standard InChI is InChI=1S/C23H24N6O2/c1-4-19(22(30)25-14-17-10-8-9-13-24-17)29-23(31)20-16(3)28(18-11-6-5-7-12-18)27-21(20)15(2)26-29/h5-13,19H,4,14H2,1-3H3,(H,25,30)/t19-/m0/s1. The molecule has 0 saturated heterocycles. The van der Waals surface area contributed by atoms with Crippen LogP contribution in [-0.4, -0.2) is 30.5 Å². The molecule has 158 valence electrons. The molecule has 3 aromatic heterocycles. The molecule has 0 aliphatic heterocycles. The third-order valence-corrected chi connectivity index (χ3v) is 5.29. The number of hydrogen-bond acceptors (Lipinski definition) is 5. The van der Waals surface area contributed by atoms with Gasteiger partial charge in [-0.2, -0.15) is 10.2 Å². The number of benzene rings is 1. The van der Waals surface area contributed by atoms with Crippen LogP contribution in [0, 0.1) is 13.8 Å². The number of pyridine rings is 1. The Labute approximate surface area is 179 Å². The summed E-state index contributed by atoms with van der Waals surface area (Å²) in [4.78, 5) is 30.5. The van der Waals surface area contributed by atoms with E-state index in [1.165, 1.54) is 4.68 Å². The highest BCUT2D eigenvalue weighted by Gasteiger charge is 2.25. The van der Waals surface area contributed by atoms with Gasteiger partial charge in [0.1, 0.15) is 11.6 Å². The molecule has 3 heterocycles. The summed E-state index contributed by atoms with van der Waals surface area (Å²) in [5.41, 5.74) is 3.16. The van der Waals surface area contributed by atoms with Gasteiger partial charge in [0.25, 0.3) is 5.56 Å². The minimum absolute atomic E-state index is 0.269. The SMILES string of the molecule is CC[C@@H](C(=O)NCc1ccccn1)n1nc(C)c2nn(-c3ccccc3)c(C)c2c1=O. The number of carbonyl (C=O) groups excluding carboxylic acids is 1. The molecule has 1 N–H and O–H groups in total. The monoisotopic (exact) mass is 416 g/mol. The maximum atomic E-state index is 13.4. The second-order valence-corrected chi connectivity index (χ2v) is 7.35. The maximum Gasteiger partial charge on any atom is 0.278 e. The zero-order valence-electron chi connectivity index (χ0n) is 17.7. The van der Waals surface area contributed by atoms with E-state index in [2.05, 4.69) is 20.5 Å². The molecule has 4 rings (SSSR count). The average molecular weight is 416 g/mol. The number of para-hydroxylation sites is 1. The quantitative estimate of drug-likeness (QED) is 0.522. The van der Waals surface area contributed by atoms with E-state index in [0.717, 1.165) is 11.4 Å². The van der Waals surface area contributed by atoms with Gasteiger partial charge >= 0.3 is 0 Å². The summed E-state index contributed by atoms with van der Waals surface area (Å²) < 4.78 is 3.03. The molecule has 0 saturated carbocycles. The molecule has 0 aliphatic carbocycles. The fourth-order valence-corrected chi connectivity index (χ4v) is 3.68. The molecule has 0 unspecified atom stereocenters. The fraction of sp³-hybridized carbons (Fsp3) is 0.261. The summed E-state index contributed by atoms with van der Waals surface area (Å²) in [6, 6.07) is 14.4. The summed E-state index contributed by atoms with van der Waals surface area (Å²) in [5, 5.41) is 12.4. The van der Waals surface area contributed by atoms with Crippen LogP contribution in [0.25, 0.3) is 16.6 Å². The number of rotatable bonds is 6. The molecule has 8 nitrogen and oxygen atoms in total. The second kappa shape index (κ2) is 8.51. The third-order valence-electron chi connectivity index (χ3n) is 5.29. The van der Waals surface area contributed by atoms with Crippen molar-refractivity contribution in [2.45, 2.75) is 39.8 Å². The Balaban J connectivity index is 1.73. The lowest BCUT2D eigenvalue weighted by atomic mass is 10.2. The first-order valence-corrected chi connectivity index (χ1v) is 10.2. The van der Waals surface area contributed by atoms with Crippen LogP contribution in [0.1, 0.15) is 36.5 Å². The van der Waals surface area contributed by atoms with Crippen LogP contribution in [0.3, 0.4) is 0 Å². The Hall–Kier alpha value is -3.81. The van der Waals surface area contributed by atoms with E-state index in [4.69, 9.17) is 0 Å². The number of hydrogen-bond donors (Lipinski definition) is 1. The first-order chi connectivity index (χ1) is 15.0. The smallest absolute Gasteiger partial charge is 0.278 e. The van der Waals surface area contributed by atoms with Crippen LogP contribution in [0.5, 0.6) is 0 Å². The van der Waals surface area contributed by atoms with Gasteiger partial charge in [0.2, 0.25) is 5.91 Å². The van der Waals surface area contributed by atoms with Crippen molar-refractivity contribution < 1.29 is 4.79 Å². The van der Waals surface area contributed by atoms with E-state index in [9.17, 15) is 9.59 Å². The summed E-state index contributed by atoms with van der Waals surface area (Å²) >= 11 is 0. The summed E-state index contributed by atoms with van der Waals surface area (Å²) in [6.45, 7) is 5.81. The van der Waals surface area contributed by atoms with E-state index in [1.54, 1.807) is 17.8 Å². The van der Waals surface area contributed by atoms with E-state index < -0.39 is 6.04 Å². The lowest BCUT2D eigenvalue weighted by molar-refractivity contribution is -0.125. The molecule has 1 atom stereocenters. The molecule has 31 heavy (non-hydrogen) atoms. The topological polar surface area (TPSA) is 94.7 Å². The Morgan fingerprint density at radius 1 is 1.06 bits per heavy atom. The zero-order chi connectivity index (χ0) is 22.0. The molecule has 0 fully saturated rings. The van der Waals surface area contributed by atoms with Gasteiger partial charge in [-0.05, 0) is 44.5 Å². The van der Waals surface area contributed by atoms with Crippen LogP contribution < -0.4 is 10.9 Å². The van der Waals surface area contributed by atoms with Gasteiger partial charge in [0, 0.05) is 6.20 Å². The molecule has 4 aromatic rings. The number of carbonyl (C=O) groups is 1. The Kier molecular flexibility index (Phi) is 5.62. The molecule has 1 aromatic carbocycles. The van der Waals surface area contributed by atoms with Crippen LogP contribution in [0.15, 0.2) is 59.5 Å². The molecule has 0 bridgehead atoms. The number of nitrogens with zero attached hydrogens (tertiary/aromatic N) is 5. The average Bonchev–Trinajstić information content (AvgIpc) is 3.15. The van der Waals surface area contributed by atoms with E-state index in [0.29, 0.717) is 28.7 Å². The van der Waals surface area contributed by atoms with Gasteiger partial charge in [-0.25, -0.2) is 9.36 Å². The highest BCUT2D eigenvalue weighted by Crippen LogP contribution is 2.21. The van der Waals surface area contributed by atoms with Crippen LogP contribution >= 0.6 is 0 Å². The third kappa shape index (κ3) is 3.84. The van der Waals surface area contributed by atoms with E-state index in [-0.39, 0.29) is 18.0 Å². The van der Waals surface area contributed by atoms with Crippen molar-refractivity contribution in [3.05, 3.63) is 82.2 Å². The van der Waals surface area contributed by atoms with Gasteiger partial charge in [0.05, 0.1) is 34.7 Å². The summed E-state index contributed by atoms with van der Waals surface area (Å²) in [7, 11) is 0. The number of aryl methyl sites for hydroxylation is 2. The van der Waals surface area contributed by atoms with Gasteiger partial charge in [-0.1, -0.05) is 31.2 Å². The lowest BCUT2D eigenvalue weighted by Gasteiger charge is -2.17. The first kappa shape index (κ1) is 20.5. The van der Waals surface area contributed by atoms with Crippen molar-refractivity contribution in [2.75, 3.05) is 0 Å². The Bertz CT molecular complexity index is 1280. The Morgan fingerprint density at radius 3 is 2.48 bits per heavy atom. The molecular weight excluding hydrogens is 392 g/mol. The van der Waals surface area contributed by atoms with Crippen LogP contribution in [0.4, 0.5) is 0 Å². The van der Waals surface area contributed by atoms with Crippen molar-refractivity contribution in [3.8, 4) is 5.69 Å². The predicted octanol–water partition coefficient (Wildman–Crippen LogP) is 2.86. The minimum Gasteiger partial charge on any atom is -0.349 e. The van der Waals surface area contributed by atoms with Gasteiger partial charge in [-0.15, -0.1) is 0 Å². The molecular formula is C23H24N6O2. The fourth-order valence-electron chi connectivity index (χ4n) is 3.68. The number of nitrogens with one attached hydrogen (secondary N) is 1. The molecule has 0 spiro atoms. The second-order valence-electron chi connectivity index (χ2n) is 7.35.